The molecule has 0 fully saturated rings. The predicted molar refractivity (Wildman–Crippen MR) is 55.6 cm³/mol. The number of aromatic carboxylic acids is 1. The molecule has 0 aromatic carbocycles. The predicted octanol–water partition coefficient (Wildman–Crippen LogP) is -0.438. The Morgan fingerprint density at radius 2 is 2.22 bits per heavy atom. The molecule has 2 N–H and O–H groups in total. The first kappa shape index (κ1) is 11.4. The Balaban J connectivity index is 2.46. The number of H-pyrrole nitrogens is 1. The number of pyridine rings is 1. The molecule has 92 valence electrons. The zero-order valence-corrected chi connectivity index (χ0v) is 8.60. The fourth-order valence-electron chi connectivity index (χ4n) is 1.19. The van der Waals surface area contributed by atoms with E-state index in [4.69, 9.17) is 5.11 Å². The maximum Gasteiger partial charge on any atom is 0.373 e. The first-order valence-electron chi connectivity index (χ1n) is 4.52. The van der Waals surface area contributed by atoms with Gasteiger partial charge in [0.15, 0.2) is 5.82 Å². The molecule has 0 radical (unpaired) electrons. The van der Waals surface area contributed by atoms with E-state index >= 15 is 0 Å². The summed E-state index contributed by atoms with van der Waals surface area (Å²) in [5.41, 5.74) is -1.05. The lowest BCUT2D eigenvalue weighted by Crippen LogP contribution is -2.17. The van der Waals surface area contributed by atoms with Crippen LogP contribution < -0.4 is 5.69 Å². The quantitative estimate of drug-likeness (QED) is 0.555. The van der Waals surface area contributed by atoms with Gasteiger partial charge in [-0.1, -0.05) is 0 Å². The summed E-state index contributed by atoms with van der Waals surface area (Å²) in [5, 5.41) is 22.5. The molecule has 2 aromatic rings. The number of aromatic nitrogens is 4. The van der Waals surface area contributed by atoms with E-state index in [1.165, 1.54) is 6.07 Å². The largest absolute Gasteiger partial charge is 0.475 e. The van der Waals surface area contributed by atoms with Gasteiger partial charge in [-0.05, 0) is 6.07 Å². The van der Waals surface area contributed by atoms with Crippen molar-refractivity contribution in [1.29, 1.82) is 0 Å². The van der Waals surface area contributed by atoms with E-state index in [2.05, 4.69) is 10.1 Å². The second-order valence-corrected chi connectivity index (χ2v) is 3.13. The van der Waals surface area contributed by atoms with E-state index < -0.39 is 22.4 Å². The SMILES string of the molecule is O=C(O)c1nn(-c2ccc([N+](=O)[O-])cn2)c(=O)[nH]1. The van der Waals surface area contributed by atoms with Crippen molar-refractivity contribution in [2.45, 2.75) is 0 Å². The first-order valence-corrected chi connectivity index (χ1v) is 4.52. The van der Waals surface area contributed by atoms with E-state index in [1.54, 1.807) is 0 Å². The number of hydrogen-bond donors (Lipinski definition) is 2. The molecule has 0 unspecified atom stereocenters. The summed E-state index contributed by atoms with van der Waals surface area (Å²) in [7, 11) is 0. The Morgan fingerprint density at radius 1 is 1.50 bits per heavy atom. The van der Waals surface area contributed by atoms with Gasteiger partial charge in [-0.3, -0.25) is 15.1 Å². The van der Waals surface area contributed by atoms with Crippen molar-refractivity contribution in [3.05, 3.63) is 44.8 Å². The fraction of sp³-hybridized carbons (Fsp3) is 0. The Kier molecular flexibility index (Phi) is 2.60. The lowest BCUT2D eigenvalue weighted by molar-refractivity contribution is -0.385. The maximum atomic E-state index is 11.4. The molecule has 2 heterocycles. The number of nitrogens with zero attached hydrogens (tertiary/aromatic N) is 4. The van der Waals surface area contributed by atoms with Crippen LogP contribution in [0, 0.1) is 10.1 Å². The van der Waals surface area contributed by atoms with E-state index in [9.17, 15) is 19.7 Å². The highest BCUT2D eigenvalue weighted by molar-refractivity contribution is 5.82. The molecule has 0 saturated carbocycles. The minimum atomic E-state index is -1.40. The molecule has 0 aliphatic rings. The lowest BCUT2D eigenvalue weighted by Gasteiger charge is -1.96. The van der Waals surface area contributed by atoms with Gasteiger partial charge in [0.2, 0.25) is 5.82 Å². The molecule has 2 rings (SSSR count). The van der Waals surface area contributed by atoms with Crippen molar-refractivity contribution in [2.24, 2.45) is 0 Å². The summed E-state index contributed by atoms with van der Waals surface area (Å²) in [4.78, 5) is 37.4. The Hall–Kier alpha value is -3.04. The summed E-state index contributed by atoms with van der Waals surface area (Å²) in [5.74, 6) is -1.96. The second-order valence-electron chi connectivity index (χ2n) is 3.13. The summed E-state index contributed by atoms with van der Waals surface area (Å²) in [6.45, 7) is 0. The molecule has 2 aromatic heterocycles. The summed E-state index contributed by atoms with van der Waals surface area (Å²) >= 11 is 0. The summed E-state index contributed by atoms with van der Waals surface area (Å²) in [6, 6.07) is 2.32. The van der Waals surface area contributed by atoms with Crippen LogP contribution >= 0.6 is 0 Å². The number of carboxylic acids is 1. The van der Waals surface area contributed by atoms with Crippen molar-refractivity contribution in [3.8, 4) is 5.82 Å². The molecule has 18 heavy (non-hydrogen) atoms. The molecule has 0 atom stereocenters. The molecule has 0 spiro atoms. The molecule has 0 aliphatic heterocycles. The molecule has 10 heteroatoms. The first-order chi connectivity index (χ1) is 8.49. The van der Waals surface area contributed by atoms with Crippen LogP contribution in [0.1, 0.15) is 10.6 Å². The van der Waals surface area contributed by atoms with Crippen LogP contribution in [0.3, 0.4) is 0 Å². The lowest BCUT2D eigenvalue weighted by atomic mass is 10.4. The number of nitrogens with one attached hydrogen (secondary N) is 1. The van der Waals surface area contributed by atoms with Gasteiger partial charge in [-0.15, -0.1) is 5.10 Å². The van der Waals surface area contributed by atoms with Crippen LogP contribution in [0.2, 0.25) is 0 Å². The van der Waals surface area contributed by atoms with Gasteiger partial charge < -0.3 is 5.11 Å². The van der Waals surface area contributed by atoms with Gasteiger partial charge in [0.25, 0.3) is 5.69 Å². The second kappa shape index (κ2) is 4.08. The van der Waals surface area contributed by atoms with Crippen molar-refractivity contribution in [1.82, 2.24) is 19.7 Å². The summed E-state index contributed by atoms with van der Waals surface area (Å²) < 4.78 is 0.702. The normalized spacial score (nSPS) is 10.2. The Morgan fingerprint density at radius 3 is 2.67 bits per heavy atom. The van der Waals surface area contributed by atoms with Crippen molar-refractivity contribution >= 4 is 11.7 Å². The van der Waals surface area contributed by atoms with Crippen LogP contribution in [0.4, 0.5) is 5.69 Å². The number of carbonyl (C=O) groups is 1. The van der Waals surface area contributed by atoms with Gasteiger partial charge in [0.05, 0.1) is 4.92 Å². The van der Waals surface area contributed by atoms with E-state index in [0.29, 0.717) is 4.68 Å². The molecule has 10 nitrogen and oxygen atoms in total. The number of hydrogen-bond acceptors (Lipinski definition) is 6. The molecule has 0 amide bonds. The number of rotatable bonds is 3. The fourth-order valence-corrected chi connectivity index (χ4v) is 1.19. The number of carboxylic acid groups (broad SMARTS) is 1. The van der Waals surface area contributed by atoms with E-state index in [0.717, 1.165) is 12.3 Å². The van der Waals surface area contributed by atoms with Crippen LogP contribution in [0.5, 0.6) is 0 Å². The number of nitro groups is 1. The molecular formula is C8H5N5O5. The molecule has 0 aliphatic carbocycles. The zero-order chi connectivity index (χ0) is 13.3. The average molecular weight is 251 g/mol. The van der Waals surface area contributed by atoms with E-state index in [-0.39, 0.29) is 11.5 Å². The number of aromatic amines is 1. The van der Waals surface area contributed by atoms with Crippen molar-refractivity contribution < 1.29 is 14.8 Å². The van der Waals surface area contributed by atoms with Gasteiger partial charge in [0.1, 0.15) is 6.20 Å². The maximum absolute atomic E-state index is 11.4. The standard InChI is InChI=1S/C8H5N5O5/c14-7(15)6-10-8(16)12(11-6)5-2-1-4(3-9-5)13(17)18/h1-3H,(H,14,15)(H,10,11,16). The third kappa shape index (κ3) is 1.93. The third-order valence-electron chi connectivity index (χ3n) is 1.98. The van der Waals surface area contributed by atoms with Crippen LogP contribution in [-0.4, -0.2) is 35.7 Å². The van der Waals surface area contributed by atoms with E-state index in [1.807, 2.05) is 4.98 Å². The smallest absolute Gasteiger partial charge is 0.373 e. The van der Waals surface area contributed by atoms with Gasteiger partial charge in [0, 0.05) is 6.07 Å². The molecule has 0 bridgehead atoms. The topological polar surface area (TPSA) is 144 Å². The highest BCUT2D eigenvalue weighted by Crippen LogP contribution is 2.09. The highest BCUT2D eigenvalue weighted by atomic mass is 16.6. The van der Waals surface area contributed by atoms with Crippen LogP contribution in [0.15, 0.2) is 23.1 Å². The van der Waals surface area contributed by atoms with Gasteiger partial charge >= 0.3 is 11.7 Å². The minimum Gasteiger partial charge on any atom is -0.475 e. The Bertz CT molecular complexity index is 670. The van der Waals surface area contributed by atoms with Gasteiger partial charge in [-0.2, -0.15) is 4.68 Å². The zero-order valence-electron chi connectivity index (χ0n) is 8.60. The summed E-state index contributed by atoms with van der Waals surface area (Å²) in [6.07, 6.45) is 0.941. The molecular weight excluding hydrogens is 246 g/mol. The monoisotopic (exact) mass is 251 g/mol. The average Bonchev–Trinajstić information content (AvgIpc) is 2.71. The molecule has 0 saturated heterocycles. The van der Waals surface area contributed by atoms with Crippen molar-refractivity contribution in [2.75, 3.05) is 0 Å². The Labute approximate surface area is 97.7 Å². The van der Waals surface area contributed by atoms with Crippen LogP contribution in [-0.2, 0) is 0 Å². The highest BCUT2D eigenvalue weighted by Gasteiger charge is 2.14. The third-order valence-corrected chi connectivity index (χ3v) is 1.98. The minimum absolute atomic E-state index is 0.0191. The van der Waals surface area contributed by atoms with Crippen LogP contribution in [0.25, 0.3) is 5.82 Å². The van der Waals surface area contributed by atoms with Gasteiger partial charge in [-0.25, -0.2) is 14.6 Å². The van der Waals surface area contributed by atoms with Crippen molar-refractivity contribution in [3.63, 3.8) is 0 Å².